The number of primary amides is 1. The van der Waals surface area contributed by atoms with Gasteiger partial charge in [0.2, 0.25) is 5.91 Å². The summed E-state index contributed by atoms with van der Waals surface area (Å²) in [6.45, 7) is 0.644. The number of nitrogens with two attached hydrogens (primary N) is 3. The average Bonchev–Trinajstić information content (AvgIpc) is 1.88. The monoisotopic (exact) mass is 145 g/mol. The van der Waals surface area contributed by atoms with Crippen LogP contribution in [0.2, 0.25) is 0 Å². The highest BCUT2D eigenvalue weighted by molar-refractivity contribution is 5.79. The lowest BCUT2D eigenvalue weighted by Crippen LogP contribution is -2.36. The van der Waals surface area contributed by atoms with Crippen LogP contribution < -0.4 is 17.2 Å². The van der Waals surface area contributed by atoms with Crippen molar-refractivity contribution in [3.05, 3.63) is 0 Å². The molecule has 0 aromatic heterocycles. The quantitative estimate of drug-likeness (QED) is 0.430. The van der Waals surface area contributed by atoms with Gasteiger partial charge in [0.15, 0.2) is 0 Å². The highest BCUT2D eigenvalue weighted by Crippen LogP contribution is 1.96. The van der Waals surface area contributed by atoms with Crippen LogP contribution in [0.5, 0.6) is 0 Å². The van der Waals surface area contributed by atoms with E-state index in [0.29, 0.717) is 13.0 Å². The average molecular weight is 145 g/mol. The molecule has 4 nitrogen and oxygen atoms in total. The Labute approximate surface area is 60.7 Å². The molecule has 60 valence electrons. The van der Waals surface area contributed by atoms with E-state index in [1.165, 1.54) is 0 Å². The molecule has 0 bridgehead atoms. The van der Waals surface area contributed by atoms with Gasteiger partial charge in [-0.05, 0) is 19.4 Å². The molecule has 0 radical (unpaired) electrons. The van der Waals surface area contributed by atoms with Crippen molar-refractivity contribution in [1.29, 1.82) is 0 Å². The largest absolute Gasteiger partial charge is 0.368 e. The van der Waals surface area contributed by atoms with Gasteiger partial charge in [0, 0.05) is 0 Å². The lowest BCUT2D eigenvalue weighted by Gasteiger charge is -2.04. The van der Waals surface area contributed by atoms with E-state index in [0.717, 1.165) is 12.8 Å². The van der Waals surface area contributed by atoms with Crippen LogP contribution in [0, 0.1) is 0 Å². The normalized spacial score (nSPS) is 13.0. The predicted octanol–water partition coefficient (Wildman–Crippen LogP) is -1.07. The molecular weight excluding hydrogens is 130 g/mol. The van der Waals surface area contributed by atoms with Crippen molar-refractivity contribution >= 4 is 5.91 Å². The maximum absolute atomic E-state index is 10.4. The summed E-state index contributed by atoms with van der Waals surface area (Å²) in [7, 11) is 0. The topological polar surface area (TPSA) is 95.1 Å². The predicted molar refractivity (Wildman–Crippen MR) is 40.1 cm³/mol. The first-order valence-corrected chi connectivity index (χ1v) is 3.43. The third-order valence-electron chi connectivity index (χ3n) is 1.33. The molecule has 0 spiro atoms. The molecule has 0 rings (SSSR count). The molecule has 10 heavy (non-hydrogen) atoms. The van der Waals surface area contributed by atoms with Crippen molar-refractivity contribution in [3.8, 4) is 0 Å². The van der Waals surface area contributed by atoms with Crippen LogP contribution in [-0.2, 0) is 4.79 Å². The minimum absolute atomic E-state index is 0.433. The first-order chi connectivity index (χ1) is 4.68. The Balaban J connectivity index is 3.21. The van der Waals surface area contributed by atoms with E-state index in [-0.39, 0.29) is 0 Å². The van der Waals surface area contributed by atoms with Gasteiger partial charge in [0.05, 0.1) is 6.04 Å². The second kappa shape index (κ2) is 5.20. The fourth-order valence-corrected chi connectivity index (χ4v) is 0.651. The summed E-state index contributed by atoms with van der Waals surface area (Å²) in [4.78, 5) is 10.4. The highest BCUT2D eigenvalue weighted by atomic mass is 16.1. The Morgan fingerprint density at radius 3 is 2.40 bits per heavy atom. The summed E-state index contributed by atoms with van der Waals surface area (Å²) in [5.41, 5.74) is 15.5. The summed E-state index contributed by atoms with van der Waals surface area (Å²) < 4.78 is 0. The molecule has 1 amide bonds. The third kappa shape index (κ3) is 4.29. The zero-order valence-electron chi connectivity index (χ0n) is 6.05. The van der Waals surface area contributed by atoms with E-state index < -0.39 is 11.9 Å². The van der Waals surface area contributed by atoms with Crippen molar-refractivity contribution in [1.82, 2.24) is 0 Å². The minimum atomic E-state index is -0.494. The Bertz CT molecular complexity index is 105. The Hall–Kier alpha value is -0.610. The zero-order chi connectivity index (χ0) is 7.98. The number of carbonyl (C=O) groups excluding carboxylic acids is 1. The molecular formula is C6H15N3O. The van der Waals surface area contributed by atoms with Gasteiger partial charge in [-0.1, -0.05) is 6.42 Å². The van der Waals surface area contributed by atoms with Crippen molar-refractivity contribution in [2.24, 2.45) is 17.2 Å². The molecule has 4 heteroatoms. The molecule has 0 heterocycles. The van der Waals surface area contributed by atoms with Gasteiger partial charge in [0.25, 0.3) is 0 Å². The van der Waals surface area contributed by atoms with Gasteiger partial charge in [-0.15, -0.1) is 0 Å². The van der Waals surface area contributed by atoms with Gasteiger partial charge >= 0.3 is 0 Å². The van der Waals surface area contributed by atoms with E-state index in [2.05, 4.69) is 0 Å². The lowest BCUT2D eigenvalue weighted by molar-refractivity contribution is -0.119. The van der Waals surface area contributed by atoms with Gasteiger partial charge in [0.1, 0.15) is 0 Å². The van der Waals surface area contributed by atoms with Crippen LogP contribution in [0.3, 0.4) is 0 Å². The van der Waals surface area contributed by atoms with Crippen LogP contribution in [0.15, 0.2) is 0 Å². The van der Waals surface area contributed by atoms with Gasteiger partial charge in [-0.25, -0.2) is 0 Å². The van der Waals surface area contributed by atoms with E-state index in [1.807, 2.05) is 0 Å². The van der Waals surface area contributed by atoms with Gasteiger partial charge < -0.3 is 17.2 Å². The first kappa shape index (κ1) is 9.39. The molecule has 1 unspecified atom stereocenters. The smallest absolute Gasteiger partial charge is 0.234 e. The summed E-state index contributed by atoms with van der Waals surface area (Å²) >= 11 is 0. The Morgan fingerprint density at radius 1 is 1.40 bits per heavy atom. The fraction of sp³-hybridized carbons (Fsp3) is 0.833. The molecule has 0 fully saturated rings. The number of hydrogen-bond donors (Lipinski definition) is 3. The number of amides is 1. The van der Waals surface area contributed by atoms with Gasteiger partial charge in [-0.2, -0.15) is 0 Å². The van der Waals surface area contributed by atoms with E-state index in [9.17, 15) is 4.79 Å². The number of unbranched alkanes of at least 4 members (excludes halogenated alkanes) is 1. The molecule has 0 saturated carbocycles. The van der Waals surface area contributed by atoms with Crippen molar-refractivity contribution < 1.29 is 4.79 Å². The van der Waals surface area contributed by atoms with E-state index in [4.69, 9.17) is 17.2 Å². The van der Waals surface area contributed by atoms with E-state index >= 15 is 0 Å². The summed E-state index contributed by atoms with van der Waals surface area (Å²) in [5.74, 6) is -0.433. The summed E-state index contributed by atoms with van der Waals surface area (Å²) in [6.07, 6.45) is 2.42. The maximum atomic E-state index is 10.4. The fourth-order valence-electron chi connectivity index (χ4n) is 0.651. The zero-order valence-corrected chi connectivity index (χ0v) is 6.05. The van der Waals surface area contributed by atoms with Crippen LogP contribution >= 0.6 is 0 Å². The molecule has 0 aromatic carbocycles. The molecule has 0 aliphatic heterocycles. The molecule has 1 atom stereocenters. The molecule has 6 N–H and O–H groups in total. The SMILES string of the molecule is NCCCCC(N)C(N)=O. The molecule has 0 aromatic rings. The van der Waals surface area contributed by atoms with Crippen LogP contribution in [0.4, 0.5) is 0 Å². The van der Waals surface area contributed by atoms with Crippen LogP contribution in [0.25, 0.3) is 0 Å². The standard InChI is InChI=1S/C6H15N3O/c7-4-2-1-3-5(8)6(9)10/h5H,1-4,7-8H2,(H2,9,10). The van der Waals surface area contributed by atoms with Gasteiger partial charge in [-0.3, -0.25) is 4.79 Å². The second-order valence-corrected chi connectivity index (χ2v) is 2.29. The van der Waals surface area contributed by atoms with E-state index in [1.54, 1.807) is 0 Å². The second-order valence-electron chi connectivity index (χ2n) is 2.29. The lowest BCUT2D eigenvalue weighted by atomic mass is 10.1. The number of rotatable bonds is 5. The number of hydrogen-bond acceptors (Lipinski definition) is 3. The Morgan fingerprint density at radius 2 is 2.00 bits per heavy atom. The van der Waals surface area contributed by atoms with Crippen LogP contribution in [0.1, 0.15) is 19.3 Å². The molecule has 0 aliphatic rings. The maximum Gasteiger partial charge on any atom is 0.234 e. The molecule has 0 aliphatic carbocycles. The van der Waals surface area contributed by atoms with Crippen LogP contribution in [-0.4, -0.2) is 18.5 Å². The summed E-state index contributed by atoms with van der Waals surface area (Å²) in [5, 5.41) is 0. The first-order valence-electron chi connectivity index (χ1n) is 3.43. The van der Waals surface area contributed by atoms with Crippen molar-refractivity contribution in [3.63, 3.8) is 0 Å². The highest BCUT2D eigenvalue weighted by Gasteiger charge is 2.06. The van der Waals surface area contributed by atoms with Crippen molar-refractivity contribution in [2.45, 2.75) is 25.3 Å². The van der Waals surface area contributed by atoms with Crippen molar-refractivity contribution in [2.75, 3.05) is 6.54 Å². The third-order valence-corrected chi connectivity index (χ3v) is 1.33. The summed E-state index contributed by atoms with van der Waals surface area (Å²) in [6, 6.07) is -0.494. The minimum Gasteiger partial charge on any atom is -0.368 e. The number of carbonyl (C=O) groups is 1. The molecule has 0 saturated heterocycles. The Kier molecular flexibility index (Phi) is 4.88.